The highest BCUT2D eigenvalue weighted by Crippen LogP contribution is 2.19. The number of anilines is 1. The van der Waals surface area contributed by atoms with Crippen LogP contribution in [0, 0.1) is 0 Å². The smallest absolute Gasteiger partial charge is 0.295 e. The first-order chi connectivity index (χ1) is 13.6. The fourth-order valence-corrected chi connectivity index (χ4v) is 2.87. The lowest BCUT2D eigenvalue weighted by atomic mass is 9.93. The molecule has 156 valence electrons. The minimum absolute atomic E-state index is 0.275. The second-order valence-electron chi connectivity index (χ2n) is 7.11. The first-order valence-corrected chi connectivity index (χ1v) is 10.3. The summed E-state index contributed by atoms with van der Waals surface area (Å²) in [6.07, 6.45) is 3.32. The number of halogens is 1. The number of nitrogens with zero attached hydrogens (tertiary/aromatic N) is 4. The molecule has 0 aliphatic carbocycles. The standard InChI is InChI=1S/C10H10ClN3O.C8H14N4OS/c11-9-8(12)6-13-14(10(9)15)7-4-2-1-3-5-7;1-8(2,3)5-6(13)12(9)7(14-4)11-10-5/h1-6,9,13H,12H2;9H2,1-4H3. The van der Waals surface area contributed by atoms with Crippen LogP contribution in [0.3, 0.4) is 0 Å². The van der Waals surface area contributed by atoms with E-state index in [1.165, 1.54) is 23.0 Å². The van der Waals surface area contributed by atoms with Crippen molar-refractivity contribution in [3.63, 3.8) is 0 Å². The van der Waals surface area contributed by atoms with Crippen molar-refractivity contribution < 1.29 is 4.79 Å². The Balaban J connectivity index is 0.000000208. The van der Waals surface area contributed by atoms with Crippen LogP contribution >= 0.6 is 23.4 Å². The molecule has 1 aromatic carbocycles. The van der Waals surface area contributed by atoms with Crippen LogP contribution in [-0.4, -0.2) is 32.4 Å². The number of carbonyl (C=O) groups is 1. The van der Waals surface area contributed by atoms with Gasteiger partial charge < -0.3 is 11.6 Å². The molecular formula is C18H24ClN7O2S. The van der Waals surface area contributed by atoms with E-state index < -0.39 is 5.38 Å². The summed E-state index contributed by atoms with van der Waals surface area (Å²) in [4.78, 5) is 23.5. The van der Waals surface area contributed by atoms with Crippen LogP contribution in [0.15, 0.2) is 52.2 Å². The maximum Gasteiger partial charge on any atom is 0.295 e. The number of aromatic nitrogens is 3. The van der Waals surface area contributed by atoms with Gasteiger partial charge in [0.25, 0.3) is 11.5 Å². The summed E-state index contributed by atoms with van der Waals surface area (Å²) in [5, 5.41) is 8.76. The third-order valence-corrected chi connectivity index (χ3v) is 4.94. The Hall–Kier alpha value is -2.72. The van der Waals surface area contributed by atoms with Crippen molar-refractivity contribution in [1.29, 1.82) is 0 Å². The fraction of sp³-hybridized carbons (Fsp3) is 0.333. The van der Waals surface area contributed by atoms with Gasteiger partial charge in [-0.2, -0.15) is 4.68 Å². The van der Waals surface area contributed by atoms with Crippen molar-refractivity contribution in [3.05, 3.63) is 58.3 Å². The number of carbonyl (C=O) groups excluding carboxylic acids is 1. The molecule has 2 aromatic rings. The first-order valence-electron chi connectivity index (χ1n) is 8.62. The van der Waals surface area contributed by atoms with E-state index >= 15 is 0 Å². The van der Waals surface area contributed by atoms with E-state index in [-0.39, 0.29) is 16.9 Å². The van der Waals surface area contributed by atoms with E-state index in [2.05, 4.69) is 15.6 Å². The Labute approximate surface area is 178 Å². The van der Waals surface area contributed by atoms with E-state index in [4.69, 9.17) is 23.2 Å². The van der Waals surface area contributed by atoms with Gasteiger partial charge >= 0.3 is 0 Å². The van der Waals surface area contributed by atoms with Crippen LogP contribution in [0.4, 0.5) is 5.69 Å². The Morgan fingerprint density at radius 1 is 1.17 bits per heavy atom. The second kappa shape index (κ2) is 9.19. The van der Waals surface area contributed by atoms with Gasteiger partial charge in [-0.3, -0.25) is 15.0 Å². The molecule has 0 saturated heterocycles. The Kier molecular flexibility index (Phi) is 7.15. The minimum atomic E-state index is -0.800. The van der Waals surface area contributed by atoms with Gasteiger partial charge in [0.1, 0.15) is 5.69 Å². The van der Waals surface area contributed by atoms with Crippen LogP contribution in [0.1, 0.15) is 26.5 Å². The van der Waals surface area contributed by atoms with Crippen LogP contribution < -0.4 is 27.6 Å². The Morgan fingerprint density at radius 2 is 1.79 bits per heavy atom. The van der Waals surface area contributed by atoms with Gasteiger partial charge in [0.2, 0.25) is 5.16 Å². The van der Waals surface area contributed by atoms with E-state index in [1.54, 1.807) is 6.26 Å². The third-order valence-electron chi connectivity index (χ3n) is 3.86. The van der Waals surface area contributed by atoms with E-state index in [9.17, 15) is 9.59 Å². The normalized spacial score (nSPS) is 16.4. The molecule has 1 amide bonds. The topological polar surface area (TPSA) is 132 Å². The quantitative estimate of drug-likeness (QED) is 0.364. The minimum Gasteiger partial charge on any atom is -0.399 e. The van der Waals surface area contributed by atoms with Gasteiger partial charge in [0, 0.05) is 11.6 Å². The number of alkyl halides is 1. The van der Waals surface area contributed by atoms with Gasteiger partial charge in [-0.25, -0.2) is 5.01 Å². The van der Waals surface area contributed by atoms with E-state index in [0.29, 0.717) is 16.5 Å². The molecule has 0 fully saturated rings. The zero-order chi connectivity index (χ0) is 21.8. The summed E-state index contributed by atoms with van der Waals surface area (Å²) >= 11 is 7.13. The highest BCUT2D eigenvalue weighted by Gasteiger charge is 2.29. The molecule has 2 heterocycles. The number of amides is 1. The summed E-state index contributed by atoms with van der Waals surface area (Å²) in [6.45, 7) is 5.70. The number of hydrogen-bond donors (Lipinski definition) is 3. The van der Waals surface area contributed by atoms with Crippen LogP contribution in [0.5, 0.6) is 0 Å². The zero-order valence-electron chi connectivity index (χ0n) is 16.6. The number of hydrazine groups is 1. The monoisotopic (exact) mass is 437 g/mol. The highest BCUT2D eigenvalue weighted by atomic mass is 35.5. The molecule has 1 aromatic heterocycles. The molecule has 0 radical (unpaired) electrons. The lowest BCUT2D eigenvalue weighted by molar-refractivity contribution is -0.118. The first kappa shape index (κ1) is 22.6. The van der Waals surface area contributed by atoms with Crippen LogP contribution in [0.2, 0.25) is 0 Å². The Bertz CT molecular complexity index is 957. The van der Waals surface area contributed by atoms with Crippen molar-refractivity contribution in [3.8, 4) is 0 Å². The maximum atomic E-state index is 11.7. The molecule has 1 atom stereocenters. The zero-order valence-corrected chi connectivity index (χ0v) is 18.2. The molecule has 0 saturated carbocycles. The van der Waals surface area contributed by atoms with E-state index in [0.717, 1.165) is 10.4 Å². The SMILES string of the molecule is CSc1nnc(C(C)(C)C)c(=O)n1N.NC1=CNN(c2ccccc2)C(=O)C1Cl. The third kappa shape index (κ3) is 5.21. The van der Waals surface area contributed by atoms with Gasteiger partial charge in [0.15, 0.2) is 5.38 Å². The molecule has 3 rings (SSSR count). The predicted octanol–water partition coefficient (Wildman–Crippen LogP) is 1.32. The number of hydrogen-bond acceptors (Lipinski definition) is 8. The summed E-state index contributed by atoms with van der Waals surface area (Å²) in [6, 6.07) is 9.18. The second-order valence-corrected chi connectivity index (χ2v) is 8.32. The van der Waals surface area contributed by atoms with Crippen LogP contribution in [-0.2, 0) is 10.2 Å². The lowest BCUT2D eigenvalue weighted by Gasteiger charge is -2.28. The molecule has 1 aliphatic heterocycles. The lowest BCUT2D eigenvalue weighted by Crippen LogP contribution is -2.50. The summed E-state index contributed by atoms with van der Waals surface area (Å²) in [5.41, 5.74) is 9.14. The number of nitrogens with one attached hydrogen (secondary N) is 1. The number of benzene rings is 1. The maximum absolute atomic E-state index is 11.7. The number of rotatable bonds is 2. The van der Waals surface area contributed by atoms with Crippen molar-refractivity contribution in [2.75, 3.05) is 17.1 Å². The molecule has 9 nitrogen and oxygen atoms in total. The average molecular weight is 438 g/mol. The molecule has 0 spiro atoms. The Morgan fingerprint density at radius 3 is 2.34 bits per heavy atom. The van der Waals surface area contributed by atoms with Crippen molar-refractivity contribution in [2.45, 2.75) is 36.7 Å². The average Bonchev–Trinajstić information content (AvgIpc) is 2.68. The predicted molar refractivity (Wildman–Crippen MR) is 116 cm³/mol. The molecule has 29 heavy (non-hydrogen) atoms. The van der Waals surface area contributed by atoms with Crippen LogP contribution in [0.25, 0.3) is 0 Å². The van der Waals surface area contributed by atoms with Crippen molar-refractivity contribution in [1.82, 2.24) is 20.3 Å². The van der Waals surface area contributed by atoms with Crippen molar-refractivity contribution in [2.24, 2.45) is 5.73 Å². The molecule has 0 bridgehead atoms. The summed E-state index contributed by atoms with van der Waals surface area (Å²) in [5.74, 6) is 5.30. The van der Waals surface area contributed by atoms with Gasteiger partial charge in [-0.05, 0) is 18.4 Å². The molecule has 5 N–H and O–H groups in total. The molecule has 11 heteroatoms. The highest BCUT2D eigenvalue weighted by molar-refractivity contribution is 7.98. The molecular weight excluding hydrogens is 414 g/mol. The van der Waals surface area contributed by atoms with Gasteiger partial charge in [0.05, 0.1) is 11.4 Å². The summed E-state index contributed by atoms with van der Waals surface area (Å²) in [7, 11) is 0. The summed E-state index contributed by atoms with van der Waals surface area (Å²) < 4.78 is 1.04. The van der Waals surface area contributed by atoms with Gasteiger partial charge in [-0.15, -0.1) is 21.8 Å². The van der Waals surface area contributed by atoms with Crippen molar-refractivity contribution >= 4 is 35.0 Å². The van der Waals surface area contributed by atoms with E-state index in [1.807, 2.05) is 51.1 Å². The number of thioether (sulfide) groups is 1. The number of nitrogens with two attached hydrogens (primary N) is 2. The largest absolute Gasteiger partial charge is 0.399 e. The molecule has 1 aliphatic rings. The number of para-hydroxylation sites is 1. The van der Waals surface area contributed by atoms with Gasteiger partial charge in [-0.1, -0.05) is 50.7 Å². The number of nitrogen functional groups attached to an aromatic ring is 1. The molecule has 1 unspecified atom stereocenters. The fourth-order valence-electron chi connectivity index (χ4n) is 2.31.